The number of hydrogen-bond acceptors (Lipinski definition) is 3. The van der Waals surface area contributed by atoms with E-state index in [1.807, 2.05) is 12.1 Å². The summed E-state index contributed by atoms with van der Waals surface area (Å²) in [6.45, 7) is 3.07. The fraction of sp³-hybridized carbons (Fsp3) is 0.611. The summed E-state index contributed by atoms with van der Waals surface area (Å²) >= 11 is 6.02. The van der Waals surface area contributed by atoms with Crippen molar-refractivity contribution in [2.24, 2.45) is 0 Å². The van der Waals surface area contributed by atoms with E-state index in [1.54, 1.807) is 0 Å². The van der Waals surface area contributed by atoms with E-state index in [4.69, 9.17) is 16.3 Å². The average Bonchev–Trinajstić information content (AvgIpc) is 2.62. The molecule has 2 saturated heterocycles. The molecular formula is C18H25ClN2O2. The van der Waals surface area contributed by atoms with Gasteiger partial charge in [-0.15, -0.1) is 0 Å². The van der Waals surface area contributed by atoms with Crippen LogP contribution in [0.2, 0.25) is 5.02 Å². The number of piperidine rings is 1. The molecule has 4 nitrogen and oxygen atoms in total. The molecule has 23 heavy (non-hydrogen) atoms. The van der Waals surface area contributed by atoms with Crippen molar-refractivity contribution in [1.82, 2.24) is 10.6 Å². The number of rotatable bonds is 4. The largest absolute Gasteiger partial charge is 0.381 e. The van der Waals surface area contributed by atoms with Crippen molar-refractivity contribution in [3.63, 3.8) is 0 Å². The normalized spacial score (nSPS) is 24.1. The highest BCUT2D eigenvalue weighted by Gasteiger charge is 2.35. The number of halogens is 1. The molecule has 1 aromatic carbocycles. The Balaban J connectivity index is 1.69. The van der Waals surface area contributed by atoms with Gasteiger partial charge in [0.1, 0.15) is 0 Å². The molecule has 126 valence electrons. The van der Waals surface area contributed by atoms with Crippen LogP contribution in [0.3, 0.4) is 0 Å². The maximum Gasteiger partial charge on any atom is 0.237 e. The van der Waals surface area contributed by atoms with Crippen LogP contribution < -0.4 is 10.6 Å². The lowest BCUT2D eigenvalue weighted by Crippen LogP contribution is -2.51. The van der Waals surface area contributed by atoms with Gasteiger partial charge in [-0.3, -0.25) is 4.79 Å². The minimum Gasteiger partial charge on any atom is -0.381 e. The lowest BCUT2D eigenvalue weighted by molar-refractivity contribution is -0.124. The van der Waals surface area contributed by atoms with Gasteiger partial charge in [-0.05, 0) is 49.9 Å². The summed E-state index contributed by atoms with van der Waals surface area (Å²) in [5.41, 5.74) is 1.19. The SMILES string of the molecule is O=C(NCC1(c2ccc(Cl)cc2)CCOCC1)C1CCCCN1. The molecule has 1 aromatic rings. The smallest absolute Gasteiger partial charge is 0.237 e. The van der Waals surface area contributed by atoms with Crippen molar-refractivity contribution in [2.75, 3.05) is 26.3 Å². The van der Waals surface area contributed by atoms with E-state index >= 15 is 0 Å². The van der Waals surface area contributed by atoms with Gasteiger partial charge >= 0.3 is 0 Å². The molecule has 1 atom stereocenters. The van der Waals surface area contributed by atoms with E-state index in [9.17, 15) is 4.79 Å². The topological polar surface area (TPSA) is 50.4 Å². The minimum absolute atomic E-state index is 0.0362. The molecule has 2 fully saturated rings. The molecule has 3 rings (SSSR count). The first-order chi connectivity index (χ1) is 11.2. The number of amides is 1. The van der Waals surface area contributed by atoms with Crippen LogP contribution in [0.4, 0.5) is 0 Å². The van der Waals surface area contributed by atoms with Crippen LogP contribution in [-0.4, -0.2) is 38.3 Å². The van der Waals surface area contributed by atoms with Gasteiger partial charge in [-0.2, -0.15) is 0 Å². The summed E-state index contributed by atoms with van der Waals surface area (Å²) in [5, 5.41) is 7.24. The molecule has 1 amide bonds. The second kappa shape index (κ2) is 7.65. The Morgan fingerprint density at radius 3 is 2.65 bits per heavy atom. The number of nitrogens with one attached hydrogen (secondary N) is 2. The fourth-order valence-corrected chi connectivity index (χ4v) is 3.71. The lowest BCUT2D eigenvalue weighted by atomic mass is 9.74. The van der Waals surface area contributed by atoms with Crippen LogP contribution >= 0.6 is 11.6 Å². The van der Waals surface area contributed by atoms with Crippen molar-refractivity contribution >= 4 is 17.5 Å². The summed E-state index contributed by atoms with van der Waals surface area (Å²) in [6.07, 6.45) is 5.07. The van der Waals surface area contributed by atoms with Crippen LogP contribution in [-0.2, 0) is 14.9 Å². The van der Waals surface area contributed by atoms with E-state index in [2.05, 4.69) is 22.8 Å². The first-order valence-electron chi connectivity index (χ1n) is 8.55. The van der Waals surface area contributed by atoms with Crippen molar-refractivity contribution in [1.29, 1.82) is 0 Å². The first kappa shape index (κ1) is 16.7. The van der Waals surface area contributed by atoms with Gasteiger partial charge in [0.25, 0.3) is 0 Å². The Morgan fingerprint density at radius 2 is 2.00 bits per heavy atom. The van der Waals surface area contributed by atoms with E-state index in [0.717, 1.165) is 56.9 Å². The molecule has 2 aliphatic heterocycles. The molecule has 2 N–H and O–H groups in total. The summed E-state index contributed by atoms with van der Waals surface area (Å²) in [7, 11) is 0. The molecule has 2 heterocycles. The molecule has 1 unspecified atom stereocenters. The van der Waals surface area contributed by atoms with Crippen LogP contribution in [0.25, 0.3) is 0 Å². The maximum atomic E-state index is 12.4. The quantitative estimate of drug-likeness (QED) is 0.888. The third kappa shape index (κ3) is 4.06. The van der Waals surface area contributed by atoms with Gasteiger partial charge in [0.15, 0.2) is 0 Å². The standard InChI is InChI=1S/C18H25ClN2O2/c19-15-6-4-14(5-7-15)18(8-11-23-12-9-18)13-21-17(22)16-3-1-2-10-20-16/h4-7,16,20H,1-3,8-13H2,(H,21,22). The highest BCUT2D eigenvalue weighted by molar-refractivity contribution is 6.30. The zero-order chi connectivity index (χ0) is 16.1. The Bertz CT molecular complexity index is 520. The number of hydrogen-bond donors (Lipinski definition) is 2. The lowest BCUT2D eigenvalue weighted by Gasteiger charge is -2.38. The summed E-state index contributed by atoms with van der Waals surface area (Å²) in [6, 6.07) is 7.99. The molecule has 0 spiro atoms. The third-order valence-corrected chi connectivity index (χ3v) is 5.39. The average molecular weight is 337 g/mol. The molecule has 2 aliphatic rings. The molecule has 5 heteroatoms. The Kier molecular flexibility index (Phi) is 5.57. The van der Waals surface area contributed by atoms with Gasteiger partial charge in [-0.1, -0.05) is 30.2 Å². The Morgan fingerprint density at radius 1 is 1.26 bits per heavy atom. The molecule has 0 saturated carbocycles. The van der Waals surface area contributed by atoms with Gasteiger partial charge in [0, 0.05) is 30.2 Å². The number of carbonyl (C=O) groups is 1. The second-order valence-electron chi connectivity index (χ2n) is 6.62. The zero-order valence-electron chi connectivity index (χ0n) is 13.4. The monoisotopic (exact) mass is 336 g/mol. The molecule has 0 bridgehead atoms. The zero-order valence-corrected chi connectivity index (χ0v) is 14.2. The Hall–Kier alpha value is -1.10. The molecule has 0 aromatic heterocycles. The predicted octanol–water partition coefficient (Wildman–Crippen LogP) is 2.65. The van der Waals surface area contributed by atoms with Crippen LogP contribution in [0.5, 0.6) is 0 Å². The van der Waals surface area contributed by atoms with E-state index < -0.39 is 0 Å². The Labute approximate surface area is 142 Å². The minimum atomic E-state index is -0.0484. The van der Waals surface area contributed by atoms with Crippen molar-refractivity contribution in [3.05, 3.63) is 34.9 Å². The van der Waals surface area contributed by atoms with Crippen molar-refractivity contribution in [3.8, 4) is 0 Å². The van der Waals surface area contributed by atoms with E-state index in [1.165, 1.54) is 5.56 Å². The third-order valence-electron chi connectivity index (χ3n) is 5.13. The molecule has 0 radical (unpaired) electrons. The van der Waals surface area contributed by atoms with Gasteiger partial charge in [0.2, 0.25) is 5.91 Å². The van der Waals surface area contributed by atoms with Crippen molar-refractivity contribution in [2.45, 2.75) is 43.6 Å². The van der Waals surface area contributed by atoms with Crippen molar-refractivity contribution < 1.29 is 9.53 Å². The number of benzene rings is 1. The number of ether oxygens (including phenoxy) is 1. The first-order valence-corrected chi connectivity index (χ1v) is 8.92. The van der Waals surface area contributed by atoms with E-state index in [-0.39, 0.29) is 17.4 Å². The maximum absolute atomic E-state index is 12.4. The van der Waals surface area contributed by atoms with Crippen LogP contribution in [0.1, 0.15) is 37.7 Å². The summed E-state index contributed by atoms with van der Waals surface area (Å²) in [4.78, 5) is 12.4. The summed E-state index contributed by atoms with van der Waals surface area (Å²) in [5.74, 6) is 0.129. The van der Waals surface area contributed by atoms with Crippen LogP contribution in [0.15, 0.2) is 24.3 Å². The molecule has 0 aliphatic carbocycles. The fourth-order valence-electron chi connectivity index (χ4n) is 3.59. The van der Waals surface area contributed by atoms with Gasteiger partial charge in [0.05, 0.1) is 6.04 Å². The predicted molar refractivity (Wildman–Crippen MR) is 91.8 cm³/mol. The highest BCUT2D eigenvalue weighted by Crippen LogP contribution is 2.35. The number of carbonyl (C=O) groups excluding carboxylic acids is 1. The van der Waals surface area contributed by atoms with Crippen LogP contribution in [0, 0.1) is 0 Å². The van der Waals surface area contributed by atoms with E-state index in [0.29, 0.717) is 6.54 Å². The second-order valence-corrected chi connectivity index (χ2v) is 7.06. The summed E-state index contributed by atoms with van der Waals surface area (Å²) < 4.78 is 5.54. The van der Waals surface area contributed by atoms with Gasteiger partial charge in [-0.25, -0.2) is 0 Å². The highest BCUT2D eigenvalue weighted by atomic mass is 35.5. The van der Waals surface area contributed by atoms with Gasteiger partial charge < -0.3 is 15.4 Å². The molecular weight excluding hydrogens is 312 g/mol.